The van der Waals surface area contributed by atoms with Crippen LogP contribution in [-0.4, -0.2) is 48.5 Å². The van der Waals surface area contributed by atoms with Crippen LogP contribution in [0, 0.1) is 6.92 Å². The highest BCUT2D eigenvalue weighted by Crippen LogP contribution is 2.19. The zero-order valence-electron chi connectivity index (χ0n) is 16.7. The number of piperazine rings is 1. The van der Waals surface area contributed by atoms with Gasteiger partial charge in [0.2, 0.25) is 0 Å². The first-order valence-electron chi connectivity index (χ1n) is 10.3. The summed E-state index contributed by atoms with van der Waals surface area (Å²) >= 11 is 0. The fourth-order valence-electron chi connectivity index (χ4n) is 4.09. The van der Waals surface area contributed by atoms with Crippen LogP contribution in [0.4, 0.5) is 5.69 Å². The Morgan fingerprint density at radius 1 is 0.893 bits per heavy atom. The highest BCUT2D eigenvalue weighted by Gasteiger charge is 2.16. The number of carbonyl (C=O) groups excluding carboxylic acids is 1. The van der Waals surface area contributed by atoms with E-state index in [2.05, 4.69) is 63.9 Å². The van der Waals surface area contributed by atoms with E-state index in [-0.39, 0.29) is 0 Å². The fraction of sp³-hybridized carbons (Fsp3) is 0.375. The highest BCUT2D eigenvalue weighted by atomic mass is 16.1. The van der Waals surface area contributed by atoms with Gasteiger partial charge in [-0.1, -0.05) is 17.7 Å². The van der Waals surface area contributed by atoms with Crippen molar-refractivity contribution < 1.29 is 4.79 Å². The Balaban J connectivity index is 1.21. The maximum atomic E-state index is 10.9. The van der Waals surface area contributed by atoms with Crippen molar-refractivity contribution in [1.29, 1.82) is 0 Å². The fourth-order valence-corrected chi connectivity index (χ4v) is 4.09. The molecule has 0 saturated carbocycles. The molecule has 0 aliphatic carbocycles. The van der Waals surface area contributed by atoms with Gasteiger partial charge in [0.05, 0.1) is 0 Å². The monoisotopic (exact) mass is 375 g/mol. The van der Waals surface area contributed by atoms with Crippen molar-refractivity contribution in [2.24, 2.45) is 0 Å². The summed E-state index contributed by atoms with van der Waals surface area (Å²) < 4.78 is 2.30. The van der Waals surface area contributed by atoms with E-state index in [0.29, 0.717) is 0 Å². The first-order valence-corrected chi connectivity index (χ1v) is 10.3. The van der Waals surface area contributed by atoms with Crippen molar-refractivity contribution in [1.82, 2.24) is 9.47 Å². The molecule has 0 amide bonds. The Labute approximate surface area is 167 Å². The molecule has 1 aromatic heterocycles. The van der Waals surface area contributed by atoms with Gasteiger partial charge in [-0.2, -0.15) is 0 Å². The van der Waals surface area contributed by atoms with E-state index in [4.69, 9.17) is 0 Å². The molecule has 2 aromatic carbocycles. The lowest BCUT2D eigenvalue weighted by molar-refractivity contribution is 0.112. The quantitative estimate of drug-likeness (QED) is 0.454. The molecule has 0 unspecified atom stereocenters. The summed E-state index contributed by atoms with van der Waals surface area (Å²) in [4.78, 5) is 16.0. The standard InChI is InChI=1S/C24H29N3O/c1-20-4-7-23(8-5-20)26-16-14-25(15-17-26)11-2-3-12-27-13-10-22-18-21(19-28)6-9-24(22)27/h4-10,13,18-19H,2-3,11-12,14-17H2,1H3. The van der Waals surface area contributed by atoms with E-state index in [1.54, 1.807) is 0 Å². The number of nitrogens with zero attached hydrogens (tertiary/aromatic N) is 3. The first-order chi connectivity index (χ1) is 13.7. The van der Waals surface area contributed by atoms with E-state index >= 15 is 0 Å². The summed E-state index contributed by atoms with van der Waals surface area (Å²) in [5, 5.41) is 1.15. The molecule has 0 bridgehead atoms. The molecule has 4 rings (SSSR count). The number of carbonyl (C=O) groups is 1. The van der Waals surface area contributed by atoms with E-state index < -0.39 is 0 Å². The Morgan fingerprint density at radius 3 is 2.39 bits per heavy atom. The number of benzene rings is 2. The van der Waals surface area contributed by atoms with Crippen LogP contribution in [0.5, 0.6) is 0 Å². The van der Waals surface area contributed by atoms with Crippen LogP contribution in [0.1, 0.15) is 28.8 Å². The predicted molar refractivity (Wildman–Crippen MR) is 116 cm³/mol. The summed E-state index contributed by atoms with van der Waals surface area (Å²) in [6.45, 7) is 8.88. The summed E-state index contributed by atoms with van der Waals surface area (Å²) in [6, 6.07) is 16.9. The predicted octanol–water partition coefficient (Wildman–Crippen LogP) is 4.36. The second-order valence-electron chi connectivity index (χ2n) is 7.82. The van der Waals surface area contributed by atoms with E-state index in [9.17, 15) is 4.79 Å². The molecule has 1 aliphatic rings. The molecule has 1 aliphatic heterocycles. The smallest absolute Gasteiger partial charge is 0.150 e. The van der Waals surface area contributed by atoms with Crippen molar-refractivity contribution in [3.05, 3.63) is 65.9 Å². The van der Waals surface area contributed by atoms with Crippen LogP contribution < -0.4 is 4.90 Å². The topological polar surface area (TPSA) is 28.5 Å². The number of hydrogen-bond donors (Lipinski definition) is 0. The minimum Gasteiger partial charge on any atom is -0.369 e. The molecule has 3 aromatic rings. The molecule has 4 heteroatoms. The summed E-state index contributed by atoms with van der Waals surface area (Å²) in [6.07, 6.45) is 5.45. The Hall–Kier alpha value is -2.59. The summed E-state index contributed by atoms with van der Waals surface area (Å²) in [5.41, 5.74) is 4.64. The number of anilines is 1. The third-order valence-electron chi connectivity index (χ3n) is 5.83. The van der Waals surface area contributed by atoms with Gasteiger partial charge in [0, 0.05) is 61.1 Å². The van der Waals surface area contributed by atoms with Crippen molar-refractivity contribution in [3.8, 4) is 0 Å². The second kappa shape index (κ2) is 8.61. The van der Waals surface area contributed by atoms with E-state index in [1.165, 1.54) is 36.2 Å². The van der Waals surface area contributed by atoms with Crippen LogP contribution >= 0.6 is 0 Å². The van der Waals surface area contributed by atoms with E-state index in [1.807, 2.05) is 12.1 Å². The lowest BCUT2D eigenvalue weighted by Gasteiger charge is -2.36. The molecule has 0 atom stereocenters. The number of hydrogen-bond acceptors (Lipinski definition) is 3. The number of unbranched alkanes of at least 4 members (excludes halogenated alkanes) is 1. The summed E-state index contributed by atoms with van der Waals surface area (Å²) in [5.74, 6) is 0. The van der Waals surface area contributed by atoms with Crippen molar-refractivity contribution >= 4 is 22.9 Å². The minimum atomic E-state index is 0.745. The van der Waals surface area contributed by atoms with Gasteiger partial charge in [-0.25, -0.2) is 0 Å². The average Bonchev–Trinajstić information content (AvgIpc) is 3.14. The van der Waals surface area contributed by atoms with Crippen LogP contribution in [0.2, 0.25) is 0 Å². The third-order valence-corrected chi connectivity index (χ3v) is 5.83. The Kier molecular flexibility index (Phi) is 5.77. The van der Waals surface area contributed by atoms with Gasteiger partial charge in [0.15, 0.2) is 0 Å². The molecule has 0 radical (unpaired) electrons. The SMILES string of the molecule is Cc1ccc(N2CCN(CCCCn3ccc4cc(C=O)ccc43)CC2)cc1. The van der Waals surface area contributed by atoms with Gasteiger partial charge >= 0.3 is 0 Å². The van der Waals surface area contributed by atoms with Crippen LogP contribution in [0.15, 0.2) is 54.7 Å². The normalized spacial score (nSPS) is 15.2. The van der Waals surface area contributed by atoms with Crippen LogP contribution in [0.25, 0.3) is 10.9 Å². The van der Waals surface area contributed by atoms with Crippen LogP contribution in [0.3, 0.4) is 0 Å². The molecule has 0 N–H and O–H groups in total. The number of aromatic nitrogens is 1. The van der Waals surface area contributed by atoms with Gasteiger partial charge in [0.1, 0.15) is 6.29 Å². The lowest BCUT2D eigenvalue weighted by atomic mass is 10.2. The number of fused-ring (bicyclic) bond motifs is 1. The molecule has 1 saturated heterocycles. The molecular weight excluding hydrogens is 346 g/mol. The number of rotatable bonds is 7. The maximum absolute atomic E-state index is 10.9. The van der Waals surface area contributed by atoms with Gasteiger partial charge in [-0.15, -0.1) is 0 Å². The zero-order valence-corrected chi connectivity index (χ0v) is 16.7. The van der Waals surface area contributed by atoms with E-state index in [0.717, 1.165) is 50.0 Å². The summed E-state index contributed by atoms with van der Waals surface area (Å²) in [7, 11) is 0. The molecule has 1 fully saturated rings. The Morgan fingerprint density at radius 2 is 1.64 bits per heavy atom. The molecule has 4 nitrogen and oxygen atoms in total. The van der Waals surface area contributed by atoms with Gasteiger partial charge in [-0.3, -0.25) is 9.69 Å². The second-order valence-corrected chi connectivity index (χ2v) is 7.82. The van der Waals surface area contributed by atoms with Crippen molar-refractivity contribution in [2.75, 3.05) is 37.6 Å². The lowest BCUT2D eigenvalue weighted by Crippen LogP contribution is -2.46. The highest BCUT2D eigenvalue weighted by molar-refractivity contribution is 5.87. The van der Waals surface area contributed by atoms with Gasteiger partial charge in [0.25, 0.3) is 0 Å². The number of aldehydes is 1. The third kappa shape index (κ3) is 4.28. The van der Waals surface area contributed by atoms with Gasteiger partial charge in [-0.05, 0) is 62.7 Å². The molecular formula is C24H29N3O. The first kappa shape index (κ1) is 18.8. The molecule has 0 spiro atoms. The average molecular weight is 376 g/mol. The molecule has 146 valence electrons. The van der Waals surface area contributed by atoms with Gasteiger partial charge < -0.3 is 9.47 Å². The minimum absolute atomic E-state index is 0.745. The maximum Gasteiger partial charge on any atom is 0.150 e. The van der Waals surface area contributed by atoms with Crippen LogP contribution in [-0.2, 0) is 6.54 Å². The molecule has 28 heavy (non-hydrogen) atoms. The Bertz CT molecular complexity index is 921. The van der Waals surface area contributed by atoms with Crippen molar-refractivity contribution in [3.63, 3.8) is 0 Å². The van der Waals surface area contributed by atoms with Crippen molar-refractivity contribution in [2.45, 2.75) is 26.3 Å². The number of aryl methyl sites for hydroxylation is 2. The molecule has 2 heterocycles. The largest absolute Gasteiger partial charge is 0.369 e. The zero-order chi connectivity index (χ0) is 19.3.